The van der Waals surface area contributed by atoms with E-state index in [0.717, 1.165) is 29.5 Å². The van der Waals surface area contributed by atoms with Crippen LogP contribution >= 0.6 is 33.9 Å². The molecule has 19 heteroatoms. The number of allylic oxidation sites excluding steroid dienone is 1. The highest BCUT2D eigenvalue weighted by Crippen LogP contribution is 2.41. The number of fused-ring (bicyclic) bond motifs is 1. The van der Waals surface area contributed by atoms with Gasteiger partial charge in [0, 0.05) is 6.07 Å². The molecule has 1 aliphatic heterocycles. The number of thiazole rings is 1. The molecule has 0 N–H and O–H groups in total. The van der Waals surface area contributed by atoms with Crippen LogP contribution in [-0.4, -0.2) is 60.4 Å². The summed E-state index contributed by atoms with van der Waals surface area (Å²) in [5.74, 6) is -0.730. The lowest BCUT2D eigenvalue weighted by Crippen LogP contribution is -2.40. The second-order valence-corrected chi connectivity index (χ2v) is 13.3. The highest BCUT2D eigenvalue weighted by molar-refractivity contribution is 14.1. The molecule has 2 heterocycles. The molecule has 0 bridgehead atoms. The Labute approximate surface area is 323 Å². The van der Waals surface area contributed by atoms with Crippen LogP contribution < -0.4 is 33.8 Å². The zero-order valence-corrected chi connectivity index (χ0v) is 32.3. The molecule has 17 nitrogen and oxygen atoms in total. The van der Waals surface area contributed by atoms with Crippen molar-refractivity contribution in [2.24, 2.45) is 4.99 Å². The molecular weight excluding hydrogens is 843 g/mol. The van der Waals surface area contributed by atoms with Crippen molar-refractivity contribution in [2.45, 2.75) is 26.8 Å². The van der Waals surface area contributed by atoms with Crippen LogP contribution in [0, 0.1) is 23.8 Å². The van der Waals surface area contributed by atoms with Crippen LogP contribution in [0.1, 0.15) is 37.9 Å². The summed E-state index contributed by atoms with van der Waals surface area (Å²) in [6, 6.07) is 10.1. The number of hydrogen-bond acceptors (Lipinski definition) is 15. The third-order valence-electron chi connectivity index (χ3n) is 7.79. The van der Waals surface area contributed by atoms with E-state index in [9.17, 15) is 34.6 Å². The molecule has 0 radical (unpaired) electrons. The Bertz CT molecular complexity index is 2390. The number of rotatable bonds is 14. The smallest absolute Gasteiger partial charge is 0.343 e. The van der Waals surface area contributed by atoms with Crippen molar-refractivity contribution in [2.75, 3.05) is 34.0 Å². The summed E-state index contributed by atoms with van der Waals surface area (Å²) in [6.45, 7) is 5.04. The van der Waals surface area contributed by atoms with Gasteiger partial charge in [0.1, 0.15) is 0 Å². The minimum absolute atomic E-state index is 0.0783. The van der Waals surface area contributed by atoms with Gasteiger partial charge in [-0.15, -0.1) is 0 Å². The average molecular weight is 875 g/mol. The number of halogens is 1. The van der Waals surface area contributed by atoms with E-state index in [1.165, 1.54) is 18.8 Å². The largest absolute Gasteiger partial charge is 0.493 e. The van der Waals surface area contributed by atoms with Gasteiger partial charge in [0.15, 0.2) is 34.4 Å². The van der Waals surface area contributed by atoms with E-state index in [4.69, 9.17) is 23.7 Å². The number of nitrogens with zero attached hydrogens (tertiary/aromatic N) is 4. The minimum atomic E-state index is -0.987. The van der Waals surface area contributed by atoms with Crippen molar-refractivity contribution in [3.8, 4) is 28.7 Å². The quantitative estimate of drug-likeness (QED) is 0.0710. The standard InChI is InChI=1S/C35H31IN4O13S/c1-6-50-26-15-20(8-10-25(26)52-17-29(41)49-5)31-30(34(43)51-7-2)18(3)37-35-38(31)33(42)28(54-35)14-19-12-22(36)32(27(13-19)48-4)53-24-11-9-21(39(44)45)16-23(24)40(46)47/h8-16,31H,6-7,17H2,1-5H3/b28-14+/t31-/m0/s1. The van der Waals surface area contributed by atoms with Gasteiger partial charge < -0.3 is 28.4 Å². The molecule has 0 aliphatic carbocycles. The van der Waals surface area contributed by atoms with Crippen LogP contribution in [0.25, 0.3) is 6.08 Å². The molecule has 0 fully saturated rings. The molecule has 5 rings (SSSR count). The van der Waals surface area contributed by atoms with Crippen LogP contribution in [0.15, 0.2) is 69.6 Å². The monoisotopic (exact) mass is 874 g/mol. The summed E-state index contributed by atoms with van der Waals surface area (Å²) < 4.78 is 35.0. The Morgan fingerprint density at radius 3 is 2.35 bits per heavy atom. The first kappa shape index (κ1) is 39.4. The Balaban J connectivity index is 1.61. The van der Waals surface area contributed by atoms with Gasteiger partial charge in [-0.05, 0) is 90.9 Å². The first-order valence-corrected chi connectivity index (χ1v) is 17.8. The number of hydrogen-bond donors (Lipinski definition) is 0. The summed E-state index contributed by atoms with van der Waals surface area (Å²) in [7, 11) is 2.60. The Morgan fingerprint density at radius 2 is 1.70 bits per heavy atom. The zero-order valence-electron chi connectivity index (χ0n) is 29.3. The molecular formula is C35H31IN4O13S. The number of ether oxygens (including phenoxy) is 6. The molecule has 4 aromatic rings. The summed E-state index contributed by atoms with van der Waals surface area (Å²) in [5, 5.41) is 22.9. The van der Waals surface area contributed by atoms with Gasteiger partial charge in [-0.1, -0.05) is 17.4 Å². The van der Waals surface area contributed by atoms with E-state index >= 15 is 0 Å². The summed E-state index contributed by atoms with van der Waals surface area (Å²) in [6.07, 6.45) is 1.60. The maximum atomic E-state index is 14.3. The fraction of sp³-hybridized carbons (Fsp3) is 0.257. The fourth-order valence-electron chi connectivity index (χ4n) is 5.42. The van der Waals surface area contributed by atoms with Crippen molar-refractivity contribution in [3.05, 3.63) is 114 Å². The molecule has 54 heavy (non-hydrogen) atoms. The van der Waals surface area contributed by atoms with Crippen molar-refractivity contribution in [1.82, 2.24) is 4.57 Å². The molecule has 282 valence electrons. The number of methoxy groups -OCH3 is 2. The van der Waals surface area contributed by atoms with E-state index in [1.54, 1.807) is 57.2 Å². The first-order chi connectivity index (χ1) is 25.8. The van der Waals surface area contributed by atoms with E-state index < -0.39 is 44.8 Å². The summed E-state index contributed by atoms with van der Waals surface area (Å²) in [4.78, 5) is 65.7. The molecule has 0 spiro atoms. The van der Waals surface area contributed by atoms with Gasteiger partial charge in [0.05, 0.1) is 68.8 Å². The van der Waals surface area contributed by atoms with Gasteiger partial charge in [-0.25, -0.2) is 14.6 Å². The predicted molar refractivity (Wildman–Crippen MR) is 201 cm³/mol. The van der Waals surface area contributed by atoms with E-state index in [0.29, 0.717) is 25.2 Å². The lowest BCUT2D eigenvalue weighted by atomic mass is 9.95. The van der Waals surface area contributed by atoms with Gasteiger partial charge in [0.2, 0.25) is 5.75 Å². The van der Waals surface area contributed by atoms with Crippen LogP contribution in [0.3, 0.4) is 0 Å². The fourth-order valence-corrected chi connectivity index (χ4v) is 7.20. The zero-order chi connectivity index (χ0) is 39.3. The second-order valence-electron chi connectivity index (χ2n) is 11.1. The number of nitro groups is 2. The van der Waals surface area contributed by atoms with Gasteiger partial charge in [0.25, 0.3) is 11.2 Å². The minimum Gasteiger partial charge on any atom is -0.493 e. The third-order valence-corrected chi connectivity index (χ3v) is 9.57. The molecule has 1 aromatic heterocycles. The number of carbonyl (C=O) groups excluding carboxylic acids is 2. The van der Waals surface area contributed by atoms with E-state index in [1.807, 2.05) is 22.6 Å². The number of nitro benzene ring substituents is 2. The molecule has 3 aromatic carbocycles. The maximum absolute atomic E-state index is 14.3. The van der Waals surface area contributed by atoms with Crippen molar-refractivity contribution < 1.29 is 47.9 Å². The highest BCUT2D eigenvalue weighted by Gasteiger charge is 2.34. The number of benzene rings is 3. The topological polar surface area (TPSA) is 210 Å². The summed E-state index contributed by atoms with van der Waals surface area (Å²) in [5.41, 5.74) is -0.111. The lowest BCUT2D eigenvalue weighted by Gasteiger charge is -2.25. The second kappa shape index (κ2) is 16.9. The maximum Gasteiger partial charge on any atom is 0.343 e. The Kier molecular flexibility index (Phi) is 12.3. The molecule has 1 aliphatic rings. The predicted octanol–water partition coefficient (Wildman–Crippen LogP) is 4.97. The molecule has 0 saturated heterocycles. The van der Waals surface area contributed by atoms with E-state index in [2.05, 4.69) is 9.73 Å². The van der Waals surface area contributed by atoms with Gasteiger partial charge in [-0.2, -0.15) is 0 Å². The van der Waals surface area contributed by atoms with Gasteiger partial charge in [-0.3, -0.25) is 29.6 Å². The van der Waals surface area contributed by atoms with Crippen molar-refractivity contribution >= 4 is 63.3 Å². The molecule has 1 atom stereocenters. The molecule has 0 amide bonds. The van der Waals surface area contributed by atoms with E-state index in [-0.39, 0.29) is 58.7 Å². The lowest BCUT2D eigenvalue weighted by molar-refractivity contribution is -0.394. The number of carbonyl (C=O) groups is 2. The summed E-state index contributed by atoms with van der Waals surface area (Å²) >= 11 is 3.03. The third kappa shape index (κ3) is 8.20. The van der Waals surface area contributed by atoms with Crippen LogP contribution in [-0.2, 0) is 19.1 Å². The average Bonchev–Trinajstić information content (AvgIpc) is 3.44. The van der Waals surface area contributed by atoms with Crippen LogP contribution in [0.2, 0.25) is 0 Å². The van der Waals surface area contributed by atoms with Crippen molar-refractivity contribution in [1.29, 1.82) is 0 Å². The normalized spacial score (nSPS) is 13.7. The highest BCUT2D eigenvalue weighted by atomic mass is 127. The Hall–Kier alpha value is -5.83. The number of non-ortho nitro benzene ring substituents is 1. The SMILES string of the molecule is CCOC(=O)C1=C(C)N=c2s/c(=C/c3cc(I)c(Oc4ccc([N+](=O)[O-])cc4[N+](=O)[O-])c(OC)c3)c(=O)n2[C@H]1c1ccc(OCC(=O)OC)c(OCC)c1. The van der Waals surface area contributed by atoms with Crippen LogP contribution in [0.4, 0.5) is 11.4 Å². The number of aromatic nitrogens is 1. The van der Waals surface area contributed by atoms with Crippen LogP contribution in [0.5, 0.6) is 28.7 Å². The van der Waals surface area contributed by atoms with Crippen molar-refractivity contribution in [3.63, 3.8) is 0 Å². The number of esters is 2. The molecule has 0 unspecified atom stereocenters. The first-order valence-electron chi connectivity index (χ1n) is 16.0. The molecule has 0 saturated carbocycles. The Morgan fingerprint density at radius 1 is 0.963 bits per heavy atom. The van der Waals surface area contributed by atoms with Gasteiger partial charge >= 0.3 is 17.6 Å².